The van der Waals surface area contributed by atoms with Crippen molar-refractivity contribution >= 4 is 6.08 Å². The first-order valence-corrected chi connectivity index (χ1v) is 6.73. The van der Waals surface area contributed by atoms with E-state index < -0.39 is 29.2 Å². The van der Waals surface area contributed by atoms with Crippen LogP contribution in [0.5, 0.6) is 5.75 Å². The van der Waals surface area contributed by atoms with Crippen molar-refractivity contribution in [3.63, 3.8) is 0 Å². The second kappa shape index (κ2) is 6.59. The van der Waals surface area contributed by atoms with Crippen molar-refractivity contribution in [1.29, 1.82) is 0 Å². The summed E-state index contributed by atoms with van der Waals surface area (Å²) in [5.74, 6) is -0.495. The molecule has 0 radical (unpaired) electrons. The van der Waals surface area contributed by atoms with Crippen LogP contribution in [0.4, 0.5) is 26.3 Å². The van der Waals surface area contributed by atoms with E-state index in [-0.39, 0.29) is 12.7 Å². The van der Waals surface area contributed by atoms with E-state index in [2.05, 4.69) is 6.58 Å². The van der Waals surface area contributed by atoms with Gasteiger partial charge >= 0.3 is 12.4 Å². The Morgan fingerprint density at radius 3 is 1.75 bits per heavy atom. The highest BCUT2D eigenvalue weighted by molar-refractivity contribution is 5.47. The molecular formula is C17H12F6O. The Morgan fingerprint density at radius 2 is 1.33 bits per heavy atom. The van der Waals surface area contributed by atoms with Crippen LogP contribution in [0.1, 0.15) is 22.3 Å². The number of benzene rings is 2. The molecule has 0 saturated heterocycles. The van der Waals surface area contributed by atoms with Gasteiger partial charge in [0.05, 0.1) is 11.1 Å². The number of halogens is 6. The Labute approximate surface area is 134 Å². The maximum atomic E-state index is 12.8. The Balaban J connectivity index is 2.26. The third kappa shape index (κ3) is 4.53. The normalized spacial score (nSPS) is 12.1. The Morgan fingerprint density at radius 1 is 0.833 bits per heavy atom. The summed E-state index contributed by atoms with van der Waals surface area (Å²) < 4.78 is 81.6. The minimum Gasteiger partial charge on any atom is -0.489 e. The fourth-order valence-corrected chi connectivity index (χ4v) is 1.93. The van der Waals surface area contributed by atoms with Gasteiger partial charge in [-0.15, -0.1) is 0 Å². The molecule has 0 aliphatic carbocycles. The number of hydrogen-bond acceptors (Lipinski definition) is 1. The summed E-state index contributed by atoms with van der Waals surface area (Å²) in [5.41, 5.74) is -1.38. The first-order valence-electron chi connectivity index (χ1n) is 6.73. The maximum Gasteiger partial charge on any atom is 0.416 e. The molecule has 2 aromatic rings. The van der Waals surface area contributed by atoms with Gasteiger partial charge in [0, 0.05) is 0 Å². The van der Waals surface area contributed by atoms with Gasteiger partial charge in [-0.05, 0) is 29.3 Å². The smallest absolute Gasteiger partial charge is 0.416 e. The molecule has 2 aromatic carbocycles. The summed E-state index contributed by atoms with van der Waals surface area (Å²) in [6, 6.07) is 7.87. The molecule has 0 aliphatic rings. The van der Waals surface area contributed by atoms with Crippen LogP contribution in [-0.2, 0) is 19.0 Å². The molecule has 0 N–H and O–H groups in total. The van der Waals surface area contributed by atoms with Crippen LogP contribution in [-0.4, -0.2) is 0 Å². The molecule has 7 heteroatoms. The fraction of sp³-hybridized carbons (Fsp3) is 0.176. The molecule has 2 rings (SSSR count). The Hall–Kier alpha value is -2.44. The van der Waals surface area contributed by atoms with E-state index in [1.807, 2.05) is 0 Å². The topological polar surface area (TPSA) is 9.23 Å². The van der Waals surface area contributed by atoms with Crippen molar-refractivity contribution in [2.24, 2.45) is 0 Å². The van der Waals surface area contributed by atoms with Crippen LogP contribution in [0.3, 0.4) is 0 Å². The van der Waals surface area contributed by atoms with Crippen LogP contribution in [0.25, 0.3) is 6.08 Å². The van der Waals surface area contributed by atoms with E-state index in [4.69, 9.17) is 4.74 Å². The van der Waals surface area contributed by atoms with Crippen molar-refractivity contribution in [2.45, 2.75) is 19.0 Å². The average Bonchev–Trinajstić information content (AvgIpc) is 2.51. The highest BCUT2D eigenvalue weighted by atomic mass is 19.4. The predicted octanol–water partition coefficient (Wildman–Crippen LogP) is 5.95. The quantitative estimate of drug-likeness (QED) is 0.622. The molecular weight excluding hydrogens is 334 g/mol. The molecule has 1 nitrogen and oxygen atoms in total. The monoisotopic (exact) mass is 346 g/mol. The summed E-state index contributed by atoms with van der Waals surface area (Å²) >= 11 is 0. The fourth-order valence-electron chi connectivity index (χ4n) is 1.93. The zero-order valence-electron chi connectivity index (χ0n) is 12.2. The van der Waals surface area contributed by atoms with Gasteiger partial charge in [0.15, 0.2) is 0 Å². The highest BCUT2D eigenvalue weighted by Crippen LogP contribution is 2.38. The van der Waals surface area contributed by atoms with Gasteiger partial charge in [0.1, 0.15) is 12.4 Å². The van der Waals surface area contributed by atoms with Crippen molar-refractivity contribution < 1.29 is 31.1 Å². The minimum atomic E-state index is -4.90. The lowest BCUT2D eigenvalue weighted by molar-refractivity contribution is -0.143. The Bertz CT molecular complexity index is 681. The predicted molar refractivity (Wildman–Crippen MR) is 77.3 cm³/mol. The van der Waals surface area contributed by atoms with Crippen LogP contribution < -0.4 is 4.74 Å². The van der Waals surface area contributed by atoms with E-state index >= 15 is 0 Å². The summed E-state index contributed by atoms with van der Waals surface area (Å²) in [7, 11) is 0. The summed E-state index contributed by atoms with van der Waals surface area (Å²) in [5, 5.41) is 0. The molecule has 128 valence electrons. The summed E-state index contributed by atoms with van der Waals surface area (Å²) in [6.07, 6.45) is -8.19. The molecule has 24 heavy (non-hydrogen) atoms. The van der Waals surface area contributed by atoms with Gasteiger partial charge in [-0.25, -0.2) is 0 Å². The lowest BCUT2D eigenvalue weighted by Gasteiger charge is -2.15. The molecule has 0 aliphatic heterocycles. The van der Waals surface area contributed by atoms with Gasteiger partial charge in [-0.1, -0.05) is 36.9 Å². The number of alkyl halides is 6. The molecule has 0 fully saturated rings. The first kappa shape index (κ1) is 17.9. The SMILES string of the molecule is C=Cc1ccc(COc2cc(C(F)(F)F)cc(C(F)(F)F)c2)cc1. The van der Waals surface area contributed by atoms with E-state index in [9.17, 15) is 26.3 Å². The maximum absolute atomic E-state index is 12.8. The van der Waals surface area contributed by atoms with Crippen molar-refractivity contribution in [3.8, 4) is 5.75 Å². The highest BCUT2D eigenvalue weighted by Gasteiger charge is 2.37. The lowest BCUT2D eigenvalue weighted by atomic mass is 10.1. The first-order chi connectivity index (χ1) is 11.1. The third-order valence-corrected chi connectivity index (χ3v) is 3.18. The van der Waals surface area contributed by atoms with Crippen molar-refractivity contribution in [2.75, 3.05) is 0 Å². The van der Waals surface area contributed by atoms with E-state index in [0.29, 0.717) is 17.7 Å². The summed E-state index contributed by atoms with van der Waals surface area (Å²) in [6.45, 7) is 3.42. The van der Waals surface area contributed by atoms with Gasteiger partial charge in [-0.2, -0.15) is 26.3 Å². The third-order valence-electron chi connectivity index (χ3n) is 3.18. The second-order valence-electron chi connectivity index (χ2n) is 4.98. The molecule has 0 amide bonds. The van der Waals surface area contributed by atoms with Gasteiger partial charge in [0.2, 0.25) is 0 Å². The zero-order chi connectivity index (χ0) is 18.0. The van der Waals surface area contributed by atoms with Crippen LogP contribution >= 0.6 is 0 Å². The molecule has 0 spiro atoms. The Kier molecular flexibility index (Phi) is 4.91. The molecule has 0 bridgehead atoms. The van der Waals surface area contributed by atoms with Gasteiger partial charge < -0.3 is 4.74 Å². The average molecular weight is 346 g/mol. The van der Waals surface area contributed by atoms with Crippen LogP contribution in [0.15, 0.2) is 49.0 Å². The minimum absolute atomic E-state index is 0.0612. The zero-order valence-corrected chi connectivity index (χ0v) is 12.2. The van der Waals surface area contributed by atoms with E-state index in [1.54, 1.807) is 30.3 Å². The van der Waals surface area contributed by atoms with E-state index in [0.717, 1.165) is 5.56 Å². The number of rotatable bonds is 4. The van der Waals surface area contributed by atoms with Crippen molar-refractivity contribution in [1.82, 2.24) is 0 Å². The number of ether oxygens (including phenoxy) is 1. The standard InChI is InChI=1S/C17H12F6O/c1-2-11-3-5-12(6-4-11)10-24-15-8-13(16(18,19)20)7-14(9-15)17(21,22)23/h2-9H,1,10H2. The molecule has 0 atom stereocenters. The second-order valence-corrected chi connectivity index (χ2v) is 4.98. The lowest BCUT2D eigenvalue weighted by Crippen LogP contribution is -2.11. The van der Waals surface area contributed by atoms with Crippen LogP contribution in [0.2, 0.25) is 0 Å². The van der Waals surface area contributed by atoms with Gasteiger partial charge in [0.25, 0.3) is 0 Å². The summed E-state index contributed by atoms with van der Waals surface area (Å²) in [4.78, 5) is 0. The molecule has 0 aromatic heterocycles. The molecule has 0 unspecified atom stereocenters. The molecule has 0 heterocycles. The van der Waals surface area contributed by atoms with Crippen molar-refractivity contribution in [3.05, 3.63) is 71.3 Å². The molecule has 0 saturated carbocycles. The number of hydrogen-bond donors (Lipinski definition) is 0. The van der Waals surface area contributed by atoms with E-state index in [1.165, 1.54) is 0 Å². The van der Waals surface area contributed by atoms with Gasteiger partial charge in [-0.3, -0.25) is 0 Å². The largest absolute Gasteiger partial charge is 0.489 e. The van der Waals surface area contributed by atoms with Crippen LogP contribution in [0, 0.1) is 0 Å².